The molecule has 0 heterocycles. The molecule has 0 bridgehead atoms. The zero-order chi connectivity index (χ0) is 6.57. The van der Waals surface area contributed by atoms with Crippen LogP contribution in [0.2, 0.25) is 5.54 Å². The lowest BCUT2D eigenvalue weighted by molar-refractivity contribution is 0.556. The maximum Gasteiger partial charge on any atom is 0.148 e. The van der Waals surface area contributed by atoms with E-state index in [2.05, 4.69) is 20.8 Å². The summed E-state index contributed by atoms with van der Waals surface area (Å²) < 4.78 is 5.24. The molecule has 0 saturated heterocycles. The summed E-state index contributed by atoms with van der Waals surface area (Å²) in [6.45, 7) is 6.81. The second-order valence-electron chi connectivity index (χ2n) is 2.68. The van der Waals surface area contributed by atoms with Gasteiger partial charge in [0.15, 0.2) is 0 Å². The topological polar surface area (TPSA) is 9.23 Å². The van der Waals surface area contributed by atoms with Gasteiger partial charge in [-0.15, -0.1) is 0 Å². The molecule has 1 atom stereocenters. The van der Waals surface area contributed by atoms with E-state index in [1.54, 1.807) is 0 Å². The Morgan fingerprint density at radius 1 is 1.38 bits per heavy atom. The first-order chi connectivity index (χ1) is 3.68. The van der Waals surface area contributed by atoms with Gasteiger partial charge in [-0.25, -0.2) is 0 Å². The molecule has 0 aliphatic rings. The lowest BCUT2D eigenvalue weighted by Crippen LogP contribution is -2.08. The van der Waals surface area contributed by atoms with Crippen LogP contribution in [0.3, 0.4) is 0 Å². The fraction of sp³-hybridized carbons (Fsp3) is 1.00. The van der Waals surface area contributed by atoms with Crippen LogP contribution in [0.4, 0.5) is 0 Å². The van der Waals surface area contributed by atoms with E-state index in [-0.39, 0.29) is 9.76 Å². The Balaban J connectivity index is 3.17. The van der Waals surface area contributed by atoms with Gasteiger partial charge in [-0.1, -0.05) is 20.8 Å². The molecule has 0 spiro atoms. The van der Waals surface area contributed by atoms with E-state index in [0.717, 1.165) is 21.9 Å². The third-order valence-corrected chi connectivity index (χ3v) is 4.37. The number of rotatable bonds is 3. The van der Waals surface area contributed by atoms with Crippen molar-refractivity contribution in [1.29, 1.82) is 0 Å². The van der Waals surface area contributed by atoms with Gasteiger partial charge in [-0.2, -0.15) is 0 Å². The SMILES string of the molecule is CC(C)C(C)[SiH2]O[SiH3]. The molecule has 0 aromatic carbocycles. The molecule has 50 valence electrons. The molecular weight excluding hydrogens is 132 g/mol. The van der Waals surface area contributed by atoms with E-state index in [1.807, 2.05) is 0 Å². The predicted octanol–water partition coefficient (Wildman–Crippen LogP) is -0.168. The first kappa shape index (κ1) is 8.39. The Bertz CT molecular complexity index is 56.4. The molecule has 0 saturated carbocycles. The van der Waals surface area contributed by atoms with Crippen LogP contribution in [0.5, 0.6) is 0 Å². The predicted molar refractivity (Wildman–Crippen MR) is 43.8 cm³/mol. The standard InChI is InChI=1S/C5H16OSi2/c1-4(2)5(3)8-6-7/h4-5H,8H2,1-3,7H3. The second-order valence-corrected chi connectivity index (χ2v) is 6.61. The molecular formula is C5H16OSi2. The van der Waals surface area contributed by atoms with Gasteiger partial charge in [0.2, 0.25) is 0 Å². The largest absolute Gasteiger partial charge is 0.468 e. The smallest absolute Gasteiger partial charge is 0.148 e. The van der Waals surface area contributed by atoms with Gasteiger partial charge in [0.1, 0.15) is 20.2 Å². The molecule has 0 N–H and O–H groups in total. The zero-order valence-corrected chi connectivity index (χ0v) is 9.68. The fourth-order valence-electron chi connectivity index (χ4n) is 0.455. The summed E-state index contributed by atoms with van der Waals surface area (Å²) >= 11 is 0. The highest BCUT2D eigenvalue weighted by atomic mass is 28.3. The lowest BCUT2D eigenvalue weighted by Gasteiger charge is -2.12. The van der Waals surface area contributed by atoms with E-state index >= 15 is 0 Å². The fourth-order valence-corrected chi connectivity index (χ4v) is 2.94. The zero-order valence-electron chi connectivity index (χ0n) is 6.27. The van der Waals surface area contributed by atoms with E-state index in [4.69, 9.17) is 4.12 Å². The van der Waals surface area contributed by atoms with Crippen molar-refractivity contribution in [2.24, 2.45) is 5.92 Å². The van der Waals surface area contributed by atoms with Crippen molar-refractivity contribution in [3.8, 4) is 0 Å². The van der Waals surface area contributed by atoms with E-state index in [0.29, 0.717) is 0 Å². The van der Waals surface area contributed by atoms with Crippen LogP contribution >= 0.6 is 0 Å². The summed E-state index contributed by atoms with van der Waals surface area (Å²) in [5, 5.41) is 0. The van der Waals surface area contributed by atoms with Gasteiger partial charge in [0, 0.05) is 0 Å². The Kier molecular flexibility index (Phi) is 4.50. The van der Waals surface area contributed by atoms with Crippen molar-refractivity contribution >= 4 is 20.2 Å². The molecule has 0 aliphatic heterocycles. The molecule has 3 heteroatoms. The van der Waals surface area contributed by atoms with Gasteiger partial charge >= 0.3 is 0 Å². The summed E-state index contributed by atoms with van der Waals surface area (Å²) in [6, 6.07) is 0. The van der Waals surface area contributed by atoms with Crippen molar-refractivity contribution in [2.75, 3.05) is 0 Å². The van der Waals surface area contributed by atoms with Crippen LogP contribution in [-0.4, -0.2) is 20.2 Å². The first-order valence-electron chi connectivity index (χ1n) is 3.17. The van der Waals surface area contributed by atoms with Crippen molar-refractivity contribution in [1.82, 2.24) is 0 Å². The highest BCUT2D eigenvalue weighted by Gasteiger charge is 2.05. The quantitative estimate of drug-likeness (QED) is 0.505. The lowest BCUT2D eigenvalue weighted by atomic mass is 10.1. The highest BCUT2D eigenvalue weighted by Crippen LogP contribution is 2.13. The summed E-state index contributed by atoms with van der Waals surface area (Å²) in [4.78, 5) is 0. The third kappa shape index (κ3) is 3.40. The summed E-state index contributed by atoms with van der Waals surface area (Å²) in [5.74, 6) is 0.829. The average Bonchev–Trinajstić information content (AvgIpc) is 1.67. The molecule has 0 fully saturated rings. The Morgan fingerprint density at radius 3 is 2.00 bits per heavy atom. The normalized spacial score (nSPS) is 16.5. The molecule has 0 aromatic heterocycles. The van der Waals surface area contributed by atoms with Crippen LogP contribution in [0, 0.1) is 5.92 Å². The van der Waals surface area contributed by atoms with Crippen LogP contribution < -0.4 is 0 Å². The second kappa shape index (κ2) is 4.29. The van der Waals surface area contributed by atoms with Crippen molar-refractivity contribution in [3.63, 3.8) is 0 Å². The highest BCUT2D eigenvalue weighted by molar-refractivity contribution is 6.36. The minimum absolute atomic E-state index is 0.140. The third-order valence-electron chi connectivity index (χ3n) is 1.57. The molecule has 0 aliphatic carbocycles. The molecule has 0 amide bonds. The van der Waals surface area contributed by atoms with Crippen LogP contribution in [-0.2, 0) is 4.12 Å². The molecule has 0 aromatic rings. The van der Waals surface area contributed by atoms with E-state index < -0.39 is 0 Å². The monoisotopic (exact) mass is 148 g/mol. The molecule has 1 nitrogen and oxygen atoms in total. The summed E-state index contributed by atoms with van der Waals surface area (Å²) in [7, 11) is 0.805. The molecule has 0 rings (SSSR count). The molecule has 1 unspecified atom stereocenters. The van der Waals surface area contributed by atoms with Gasteiger partial charge in [0.05, 0.1) is 0 Å². The van der Waals surface area contributed by atoms with Gasteiger partial charge < -0.3 is 4.12 Å². The van der Waals surface area contributed by atoms with Gasteiger partial charge in [0.25, 0.3) is 0 Å². The average molecular weight is 148 g/mol. The summed E-state index contributed by atoms with van der Waals surface area (Å²) in [6.07, 6.45) is 0. The van der Waals surface area contributed by atoms with E-state index in [9.17, 15) is 0 Å². The maximum absolute atomic E-state index is 5.24. The Labute approximate surface area is 57.3 Å². The van der Waals surface area contributed by atoms with Crippen LogP contribution in [0.15, 0.2) is 0 Å². The molecule has 0 radical (unpaired) electrons. The molecule has 8 heavy (non-hydrogen) atoms. The van der Waals surface area contributed by atoms with Crippen molar-refractivity contribution in [2.45, 2.75) is 26.3 Å². The Hall–Kier alpha value is 0.394. The minimum Gasteiger partial charge on any atom is -0.468 e. The van der Waals surface area contributed by atoms with Crippen LogP contribution in [0.25, 0.3) is 0 Å². The maximum atomic E-state index is 5.24. The summed E-state index contributed by atoms with van der Waals surface area (Å²) in [5.41, 5.74) is 0.868. The Morgan fingerprint density at radius 2 is 1.88 bits per heavy atom. The van der Waals surface area contributed by atoms with Gasteiger partial charge in [-0.05, 0) is 11.5 Å². The van der Waals surface area contributed by atoms with Crippen LogP contribution in [0.1, 0.15) is 20.8 Å². The number of hydrogen-bond acceptors (Lipinski definition) is 1. The minimum atomic E-state index is -0.140. The van der Waals surface area contributed by atoms with Gasteiger partial charge in [-0.3, -0.25) is 0 Å². The van der Waals surface area contributed by atoms with Crippen molar-refractivity contribution < 1.29 is 4.12 Å². The van der Waals surface area contributed by atoms with Crippen molar-refractivity contribution in [3.05, 3.63) is 0 Å². The van der Waals surface area contributed by atoms with E-state index in [1.165, 1.54) is 0 Å². The number of hydrogen-bond donors (Lipinski definition) is 0. The first-order valence-corrected chi connectivity index (χ1v) is 5.38.